The van der Waals surface area contributed by atoms with Gasteiger partial charge in [0.05, 0.1) is 5.41 Å². The molecule has 0 fully saturated rings. The molecule has 0 spiro atoms. The third-order valence-corrected chi connectivity index (χ3v) is 2.84. The minimum Gasteiger partial charge on any atom is -0.339 e. The Labute approximate surface area is 91.2 Å². The molecule has 0 amide bonds. The van der Waals surface area contributed by atoms with Crippen LogP contribution >= 0.6 is 0 Å². The minimum absolute atomic E-state index is 0.0784. The molecule has 4 nitrogen and oxygen atoms in total. The van der Waals surface area contributed by atoms with Crippen LogP contribution in [0.5, 0.6) is 0 Å². The van der Waals surface area contributed by atoms with Crippen LogP contribution in [-0.4, -0.2) is 16.7 Å². The fourth-order valence-corrected chi connectivity index (χ4v) is 1.16. The summed E-state index contributed by atoms with van der Waals surface area (Å²) in [7, 11) is 0. The molecule has 1 aromatic heterocycles. The maximum absolute atomic E-state index is 5.74. The molecule has 1 aromatic rings. The molecule has 0 aliphatic rings. The Balaban J connectivity index is 3.03. The zero-order chi connectivity index (χ0) is 11.7. The monoisotopic (exact) mass is 211 g/mol. The second kappa shape index (κ2) is 3.93. The van der Waals surface area contributed by atoms with Gasteiger partial charge in [-0.05, 0) is 13.3 Å². The summed E-state index contributed by atoms with van der Waals surface area (Å²) in [5, 5.41) is 4.01. The summed E-state index contributed by atoms with van der Waals surface area (Å²) < 4.78 is 5.30. The third-order valence-electron chi connectivity index (χ3n) is 2.84. The first-order valence-corrected chi connectivity index (χ1v) is 5.38. The predicted octanol–water partition coefficient (Wildman–Crippen LogP) is 1.99. The van der Waals surface area contributed by atoms with Gasteiger partial charge in [0.15, 0.2) is 5.82 Å². The lowest BCUT2D eigenvalue weighted by molar-refractivity contribution is 0.287. The lowest BCUT2D eigenvalue weighted by atomic mass is 9.87. The molecule has 0 saturated carbocycles. The molecular formula is C11H21N3O. The highest BCUT2D eigenvalue weighted by atomic mass is 16.5. The largest absolute Gasteiger partial charge is 0.339 e. The van der Waals surface area contributed by atoms with Crippen molar-refractivity contribution >= 4 is 0 Å². The average molecular weight is 211 g/mol. The maximum Gasteiger partial charge on any atom is 0.233 e. The van der Waals surface area contributed by atoms with Gasteiger partial charge in [-0.1, -0.05) is 32.9 Å². The number of nitrogens with zero attached hydrogens (tertiary/aromatic N) is 2. The lowest BCUT2D eigenvalue weighted by Gasteiger charge is -2.20. The van der Waals surface area contributed by atoms with Crippen molar-refractivity contribution in [1.82, 2.24) is 10.1 Å². The number of hydrogen-bond acceptors (Lipinski definition) is 4. The van der Waals surface area contributed by atoms with Gasteiger partial charge in [-0.25, -0.2) is 0 Å². The molecule has 2 N–H and O–H groups in total. The highest BCUT2D eigenvalue weighted by molar-refractivity contribution is 5.07. The Morgan fingerprint density at radius 1 is 1.27 bits per heavy atom. The summed E-state index contributed by atoms with van der Waals surface area (Å²) in [5.74, 6) is 1.39. The Bertz CT molecular complexity index is 321. The quantitative estimate of drug-likeness (QED) is 0.830. The van der Waals surface area contributed by atoms with Crippen molar-refractivity contribution in [3.8, 4) is 0 Å². The van der Waals surface area contributed by atoms with E-state index in [9.17, 15) is 0 Å². The Morgan fingerprint density at radius 3 is 2.20 bits per heavy atom. The van der Waals surface area contributed by atoms with E-state index in [0.717, 1.165) is 12.2 Å². The van der Waals surface area contributed by atoms with E-state index in [1.165, 1.54) is 0 Å². The normalized spacial score (nSPS) is 16.4. The van der Waals surface area contributed by atoms with Gasteiger partial charge in [-0.3, -0.25) is 0 Å². The van der Waals surface area contributed by atoms with Crippen LogP contribution < -0.4 is 5.73 Å². The fraction of sp³-hybridized carbons (Fsp3) is 0.818. The molecule has 1 heterocycles. The lowest BCUT2D eigenvalue weighted by Crippen LogP contribution is -2.31. The molecule has 0 saturated heterocycles. The summed E-state index contributed by atoms with van der Waals surface area (Å²) >= 11 is 0. The molecular weight excluding hydrogens is 190 g/mol. The first-order valence-electron chi connectivity index (χ1n) is 5.38. The van der Waals surface area contributed by atoms with Gasteiger partial charge >= 0.3 is 0 Å². The summed E-state index contributed by atoms with van der Waals surface area (Å²) in [6.07, 6.45) is 0.898. The van der Waals surface area contributed by atoms with Crippen molar-refractivity contribution in [3.05, 3.63) is 11.7 Å². The Morgan fingerprint density at radius 2 is 1.87 bits per heavy atom. The van der Waals surface area contributed by atoms with Crippen molar-refractivity contribution in [2.24, 2.45) is 5.73 Å². The van der Waals surface area contributed by atoms with Crippen LogP contribution in [0.3, 0.4) is 0 Å². The second-order valence-electron chi connectivity index (χ2n) is 5.29. The van der Waals surface area contributed by atoms with Crippen LogP contribution in [-0.2, 0) is 10.8 Å². The van der Waals surface area contributed by atoms with E-state index in [2.05, 4.69) is 37.8 Å². The number of hydrogen-bond donors (Lipinski definition) is 1. The number of nitrogens with two attached hydrogens (primary N) is 1. The standard InChI is InChI=1S/C11H21N3O/c1-6-11(5,7-12)9-13-8(14-15-9)10(2,3)4/h6-7,12H2,1-5H3. The van der Waals surface area contributed by atoms with Crippen LogP contribution in [0, 0.1) is 0 Å². The topological polar surface area (TPSA) is 64.9 Å². The van der Waals surface area contributed by atoms with Gasteiger partial charge in [0.25, 0.3) is 0 Å². The van der Waals surface area contributed by atoms with E-state index in [-0.39, 0.29) is 10.8 Å². The first-order chi connectivity index (χ1) is 6.83. The summed E-state index contributed by atoms with van der Waals surface area (Å²) in [4.78, 5) is 4.44. The predicted molar refractivity (Wildman–Crippen MR) is 59.7 cm³/mol. The van der Waals surface area contributed by atoms with Crippen LogP contribution in [0.25, 0.3) is 0 Å². The second-order valence-corrected chi connectivity index (χ2v) is 5.29. The summed E-state index contributed by atoms with van der Waals surface area (Å²) in [6, 6.07) is 0. The van der Waals surface area contributed by atoms with E-state index >= 15 is 0 Å². The van der Waals surface area contributed by atoms with Crippen LogP contribution in [0.15, 0.2) is 4.52 Å². The molecule has 0 aliphatic carbocycles. The third kappa shape index (κ3) is 2.37. The van der Waals surface area contributed by atoms with Crippen LogP contribution in [0.1, 0.15) is 52.8 Å². The molecule has 15 heavy (non-hydrogen) atoms. The maximum atomic E-state index is 5.74. The molecule has 1 unspecified atom stereocenters. The van der Waals surface area contributed by atoms with Gasteiger partial charge in [-0.2, -0.15) is 4.98 Å². The van der Waals surface area contributed by atoms with Crippen molar-refractivity contribution in [2.45, 2.75) is 51.9 Å². The highest BCUT2D eigenvalue weighted by Gasteiger charge is 2.31. The van der Waals surface area contributed by atoms with E-state index in [1.807, 2.05) is 6.92 Å². The van der Waals surface area contributed by atoms with E-state index in [1.54, 1.807) is 0 Å². The summed E-state index contributed by atoms with van der Waals surface area (Å²) in [5.41, 5.74) is 5.46. The molecule has 1 rings (SSSR count). The number of rotatable bonds is 3. The zero-order valence-corrected chi connectivity index (χ0v) is 10.3. The smallest absolute Gasteiger partial charge is 0.233 e. The van der Waals surface area contributed by atoms with Gasteiger partial charge in [0.1, 0.15) is 0 Å². The molecule has 86 valence electrons. The first kappa shape index (κ1) is 12.2. The molecule has 4 heteroatoms. The number of aromatic nitrogens is 2. The SMILES string of the molecule is CCC(C)(CN)c1nc(C(C)(C)C)no1. The van der Waals surface area contributed by atoms with Crippen LogP contribution in [0.2, 0.25) is 0 Å². The minimum atomic E-state index is -0.198. The molecule has 0 radical (unpaired) electrons. The fourth-order valence-electron chi connectivity index (χ4n) is 1.16. The highest BCUT2D eigenvalue weighted by Crippen LogP contribution is 2.27. The molecule has 1 atom stereocenters. The van der Waals surface area contributed by atoms with Crippen molar-refractivity contribution in [1.29, 1.82) is 0 Å². The van der Waals surface area contributed by atoms with Gasteiger partial charge in [0, 0.05) is 12.0 Å². The van der Waals surface area contributed by atoms with E-state index < -0.39 is 0 Å². The van der Waals surface area contributed by atoms with E-state index in [0.29, 0.717) is 12.4 Å². The molecule has 0 aromatic carbocycles. The Kier molecular flexibility index (Phi) is 3.19. The average Bonchev–Trinajstić information content (AvgIpc) is 2.65. The van der Waals surface area contributed by atoms with Crippen molar-refractivity contribution in [2.75, 3.05) is 6.54 Å². The van der Waals surface area contributed by atoms with Gasteiger partial charge in [0.2, 0.25) is 5.89 Å². The molecule has 0 bridgehead atoms. The van der Waals surface area contributed by atoms with Gasteiger partial charge in [-0.15, -0.1) is 0 Å². The summed E-state index contributed by atoms with van der Waals surface area (Å²) in [6.45, 7) is 10.8. The van der Waals surface area contributed by atoms with Crippen molar-refractivity contribution < 1.29 is 4.52 Å². The van der Waals surface area contributed by atoms with Crippen LogP contribution in [0.4, 0.5) is 0 Å². The Hall–Kier alpha value is -0.900. The zero-order valence-electron chi connectivity index (χ0n) is 10.3. The van der Waals surface area contributed by atoms with Gasteiger partial charge < -0.3 is 10.3 Å². The van der Waals surface area contributed by atoms with Crippen molar-refractivity contribution in [3.63, 3.8) is 0 Å². The van der Waals surface area contributed by atoms with E-state index in [4.69, 9.17) is 10.3 Å². The molecule has 0 aliphatic heterocycles.